The predicted octanol–water partition coefficient (Wildman–Crippen LogP) is 16.5. The summed E-state index contributed by atoms with van der Waals surface area (Å²) < 4.78 is 0. The van der Waals surface area contributed by atoms with Gasteiger partial charge < -0.3 is 9.80 Å². The van der Waals surface area contributed by atoms with Crippen molar-refractivity contribution in [2.24, 2.45) is 5.92 Å². The summed E-state index contributed by atoms with van der Waals surface area (Å²) in [5.41, 5.74) is 16.9. The van der Waals surface area contributed by atoms with E-state index >= 15 is 0 Å². The van der Waals surface area contributed by atoms with Crippen molar-refractivity contribution in [3.8, 4) is 11.1 Å². The summed E-state index contributed by atoms with van der Waals surface area (Å²) in [5.74, 6) is 1.22. The SMILES string of the molecule is CC1CCCCC1(c1ccc(N(c2ccccc2)c2ccc(C3CCCCC3)cc2)cc1)c1ccc(N(c2ccccc2)c2ccc3c(c2)C(C)(C)c2ccccc2-3)cc1. The zero-order valence-electron chi connectivity index (χ0n) is 35.7. The van der Waals surface area contributed by atoms with Gasteiger partial charge in [-0.1, -0.05) is 156 Å². The third-order valence-electron chi connectivity index (χ3n) is 14.7. The smallest absolute Gasteiger partial charge is 0.0465 e. The first-order valence-corrected chi connectivity index (χ1v) is 22.7. The number of fused-ring (bicyclic) bond motifs is 3. The van der Waals surface area contributed by atoms with Gasteiger partial charge in [0.05, 0.1) is 0 Å². The summed E-state index contributed by atoms with van der Waals surface area (Å²) in [5, 5.41) is 0. The highest BCUT2D eigenvalue weighted by molar-refractivity contribution is 5.85. The zero-order valence-corrected chi connectivity index (χ0v) is 35.7. The van der Waals surface area contributed by atoms with Crippen molar-refractivity contribution in [3.05, 3.63) is 204 Å². The fourth-order valence-corrected chi connectivity index (χ4v) is 11.4. The molecule has 0 aromatic heterocycles. The Kier molecular flexibility index (Phi) is 10.2. The van der Waals surface area contributed by atoms with Gasteiger partial charge in [-0.05, 0) is 149 Å². The first kappa shape index (κ1) is 38.3. The van der Waals surface area contributed by atoms with Gasteiger partial charge in [-0.2, -0.15) is 0 Å². The fourth-order valence-electron chi connectivity index (χ4n) is 11.4. The average Bonchev–Trinajstić information content (AvgIpc) is 3.54. The zero-order chi connectivity index (χ0) is 40.7. The first-order chi connectivity index (χ1) is 29.4. The summed E-state index contributed by atoms with van der Waals surface area (Å²) in [6.07, 6.45) is 11.6. The van der Waals surface area contributed by atoms with Gasteiger partial charge in [0.25, 0.3) is 0 Å². The topological polar surface area (TPSA) is 6.48 Å². The Hall–Kier alpha value is -5.86. The molecule has 0 bridgehead atoms. The van der Waals surface area contributed by atoms with Crippen LogP contribution in [0.3, 0.4) is 0 Å². The molecule has 0 N–H and O–H groups in total. The largest absolute Gasteiger partial charge is 0.311 e. The monoisotopic (exact) mass is 782 g/mol. The summed E-state index contributed by atoms with van der Waals surface area (Å²) >= 11 is 0. The van der Waals surface area contributed by atoms with Crippen molar-refractivity contribution in [1.29, 1.82) is 0 Å². The highest BCUT2D eigenvalue weighted by Crippen LogP contribution is 2.52. The van der Waals surface area contributed by atoms with Crippen LogP contribution in [-0.4, -0.2) is 0 Å². The van der Waals surface area contributed by atoms with Crippen LogP contribution >= 0.6 is 0 Å². The van der Waals surface area contributed by atoms with E-state index in [1.54, 1.807) is 0 Å². The lowest BCUT2D eigenvalue weighted by atomic mass is 9.60. The molecule has 10 rings (SSSR count). The third kappa shape index (κ3) is 6.75. The molecule has 2 heteroatoms. The van der Waals surface area contributed by atoms with Gasteiger partial charge in [-0.25, -0.2) is 0 Å². The van der Waals surface area contributed by atoms with Gasteiger partial charge in [0.2, 0.25) is 0 Å². The van der Waals surface area contributed by atoms with Crippen LogP contribution in [0.5, 0.6) is 0 Å². The molecule has 2 fully saturated rings. The number of hydrogen-bond donors (Lipinski definition) is 0. The molecule has 7 aromatic rings. The molecule has 2 saturated carbocycles. The highest BCUT2D eigenvalue weighted by atomic mass is 15.1. The van der Waals surface area contributed by atoms with Gasteiger partial charge >= 0.3 is 0 Å². The number of benzene rings is 7. The van der Waals surface area contributed by atoms with Gasteiger partial charge in [0, 0.05) is 45.0 Å². The van der Waals surface area contributed by atoms with E-state index in [1.165, 1.54) is 124 Å². The Morgan fingerprint density at radius 1 is 0.417 bits per heavy atom. The van der Waals surface area contributed by atoms with E-state index in [9.17, 15) is 0 Å². The Morgan fingerprint density at radius 3 is 1.47 bits per heavy atom. The van der Waals surface area contributed by atoms with Crippen molar-refractivity contribution < 1.29 is 0 Å². The Bertz CT molecular complexity index is 2550. The standard InChI is InChI=1S/C58H58N2/c1-42-17-15-16-40-58(42,45-28-34-50(35-29-45)59(47-20-9-5-10-21-47)49-32-26-44(27-33-49)43-18-7-4-8-19-43)46-30-36-51(37-31-46)60(48-22-11-6-12-23-48)52-38-39-54-53-24-13-14-25-55(53)57(2,3)56(54)41-52/h5-6,9-14,20-39,41-43H,4,7-8,15-19,40H2,1-3H3. The van der Waals surface area contributed by atoms with E-state index in [2.05, 4.69) is 206 Å². The highest BCUT2D eigenvalue weighted by Gasteiger charge is 2.42. The molecule has 0 heterocycles. The molecule has 2 unspecified atom stereocenters. The third-order valence-corrected chi connectivity index (χ3v) is 14.7. The molecule has 0 saturated heterocycles. The molecule has 7 aromatic carbocycles. The summed E-state index contributed by atoms with van der Waals surface area (Å²) in [6, 6.07) is 66.5. The van der Waals surface area contributed by atoms with Crippen LogP contribution in [0.15, 0.2) is 176 Å². The molecule has 0 amide bonds. The van der Waals surface area contributed by atoms with Crippen molar-refractivity contribution in [2.75, 3.05) is 9.80 Å². The molecule has 3 aliphatic carbocycles. The molecule has 0 aliphatic heterocycles. The Morgan fingerprint density at radius 2 is 0.883 bits per heavy atom. The molecular formula is C58H58N2. The van der Waals surface area contributed by atoms with Crippen molar-refractivity contribution in [1.82, 2.24) is 0 Å². The number of para-hydroxylation sites is 2. The van der Waals surface area contributed by atoms with Crippen LogP contribution in [0, 0.1) is 5.92 Å². The van der Waals surface area contributed by atoms with E-state index in [1.807, 2.05) is 0 Å². The van der Waals surface area contributed by atoms with Crippen molar-refractivity contribution in [3.63, 3.8) is 0 Å². The molecule has 2 nitrogen and oxygen atoms in total. The maximum atomic E-state index is 2.49. The summed E-state index contributed by atoms with van der Waals surface area (Å²) in [4.78, 5) is 4.87. The quantitative estimate of drug-likeness (QED) is 0.144. The van der Waals surface area contributed by atoms with Gasteiger partial charge in [0.15, 0.2) is 0 Å². The van der Waals surface area contributed by atoms with E-state index in [-0.39, 0.29) is 10.8 Å². The maximum Gasteiger partial charge on any atom is 0.0465 e. The summed E-state index contributed by atoms with van der Waals surface area (Å²) in [7, 11) is 0. The Balaban J connectivity index is 1.00. The lowest BCUT2D eigenvalue weighted by Crippen LogP contribution is -2.37. The molecule has 0 spiro atoms. The first-order valence-electron chi connectivity index (χ1n) is 22.7. The minimum atomic E-state index is -0.0650. The van der Waals surface area contributed by atoms with Crippen molar-refractivity contribution in [2.45, 2.75) is 95.3 Å². The molecule has 3 aliphatic rings. The van der Waals surface area contributed by atoms with Crippen LogP contribution in [0.1, 0.15) is 112 Å². The van der Waals surface area contributed by atoms with Gasteiger partial charge in [-0.3, -0.25) is 0 Å². The molecular weight excluding hydrogens is 725 g/mol. The van der Waals surface area contributed by atoms with Gasteiger partial charge in [-0.15, -0.1) is 0 Å². The van der Waals surface area contributed by atoms with E-state index < -0.39 is 0 Å². The lowest BCUT2D eigenvalue weighted by molar-refractivity contribution is 0.244. The van der Waals surface area contributed by atoms with E-state index in [4.69, 9.17) is 0 Å². The summed E-state index contributed by atoms with van der Waals surface area (Å²) in [6.45, 7) is 7.23. The van der Waals surface area contributed by atoms with Crippen LogP contribution < -0.4 is 9.80 Å². The second-order valence-electron chi connectivity index (χ2n) is 18.4. The molecule has 0 radical (unpaired) electrons. The number of anilines is 6. The molecule has 60 heavy (non-hydrogen) atoms. The molecule has 300 valence electrons. The number of rotatable bonds is 9. The fraction of sp³-hybridized carbons (Fsp3) is 0.276. The predicted molar refractivity (Wildman–Crippen MR) is 254 cm³/mol. The average molecular weight is 783 g/mol. The van der Waals surface area contributed by atoms with Crippen LogP contribution in [0.4, 0.5) is 34.1 Å². The van der Waals surface area contributed by atoms with Crippen LogP contribution in [-0.2, 0) is 10.8 Å². The van der Waals surface area contributed by atoms with E-state index in [0.29, 0.717) is 11.8 Å². The minimum Gasteiger partial charge on any atom is -0.311 e. The lowest BCUT2D eigenvalue weighted by Gasteiger charge is -2.44. The van der Waals surface area contributed by atoms with Crippen LogP contribution in [0.25, 0.3) is 11.1 Å². The molecule has 2 atom stereocenters. The van der Waals surface area contributed by atoms with Crippen molar-refractivity contribution >= 4 is 34.1 Å². The minimum absolute atomic E-state index is 0.0600. The van der Waals surface area contributed by atoms with E-state index in [0.717, 1.165) is 6.42 Å². The number of nitrogens with zero attached hydrogens (tertiary/aromatic N) is 2. The number of hydrogen-bond acceptors (Lipinski definition) is 2. The second kappa shape index (κ2) is 16.0. The normalized spacial score (nSPS) is 19.6. The second-order valence-corrected chi connectivity index (χ2v) is 18.4. The van der Waals surface area contributed by atoms with Gasteiger partial charge in [0.1, 0.15) is 0 Å². The van der Waals surface area contributed by atoms with Crippen LogP contribution in [0.2, 0.25) is 0 Å². The maximum absolute atomic E-state index is 2.49. The Labute approximate surface area is 358 Å².